The number of anilines is 1. The van der Waals surface area contributed by atoms with E-state index in [1.807, 2.05) is 4.90 Å². The highest BCUT2D eigenvalue weighted by atomic mass is 19.4. The Balaban J connectivity index is 1.77. The van der Waals surface area contributed by atoms with Crippen LogP contribution in [0.15, 0.2) is 42.5 Å². The van der Waals surface area contributed by atoms with Crippen LogP contribution in [0.2, 0.25) is 0 Å². The second-order valence-electron chi connectivity index (χ2n) is 9.25. The first kappa shape index (κ1) is 28.8. The summed E-state index contributed by atoms with van der Waals surface area (Å²) < 4.78 is 107. The number of ether oxygens (including phenoxy) is 2. The molecule has 4 rings (SSSR count). The Hall–Kier alpha value is -3.23. The molecule has 1 fully saturated rings. The van der Waals surface area contributed by atoms with Crippen LogP contribution in [0.3, 0.4) is 0 Å². The molecule has 3 aromatic rings. The van der Waals surface area contributed by atoms with E-state index in [2.05, 4.69) is 20.7 Å². The third-order valence-corrected chi connectivity index (χ3v) is 6.64. The number of aromatic amines is 1. The number of hydrogen-bond acceptors (Lipinski definition) is 6. The van der Waals surface area contributed by atoms with E-state index in [1.165, 1.54) is 31.2 Å². The van der Waals surface area contributed by atoms with Crippen LogP contribution in [-0.4, -0.2) is 41.9 Å². The van der Waals surface area contributed by atoms with Gasteiger partial charge in [0.05, 0.1) is 23.8 Å². The van der Waals surface area contributed by atoms with E-state index >= 15 is 0 Å². The van der Waals surface area contributed by atoms with Gasteiger partial charge in [-0.25, -0.2) is 4.39 Å². The molecule has 1 aromatic heterocycles. The van der Waals surface area contributed by atoms with Gasteiger partial charge in [-0.1, -0.05) is 12.1 Å². The summed E-state index contributed by atoms with van der Waals surface area (Å²) in [4.78, 5) is 1.81. The van der Waals surface area contributed by atoms with Crippen molar-refractivity contribution in [1.29, 1.82) is 0 Å². The summed E-state index contributed by atoms with van der Waals surface area (Å²) in [6, 6.07) is 6.77. The molecule has 2 N–H and O–H groups in total. The van der Waals surface area contributed by atoms with Crippen molar-refractivity contribution in [3.63, 3.8) is 0 Å². The van der Waals surface area contributed by atoms with Crippen LogP contribution in [0.25, 0.3) is 0 Å². The van der Waals surface area contributed by atoms with E-state index in [4.69, 9.17) is 9.47 Å². The molecular formula is C25H26F7N5O2. The molecule has 212 valence electrons. The van der Waals surface area contributed by atoms with Gasteiger partial charge in [-0.2, -0.15) is 36.7 Å². The molecule has 2 aromatic carbocycles. The first-order valence-electron chi connectivity index (χ1n) is 11.9. The highest BCUT2D eigenvalue weighted by molar-refractivity contribution is 5.50. The Bertz CT molecular complexity index is 1250. The first-order chi connectivity index (χ1) is 18.2. The topological polar surface area (TPSA) is 75.3 Å². The van der Waals surface area contributed by atoms with Gasteiger partial charge < -0.3 is 19.7 Å². The molecule has 0 saturated carbocycles. The standard InChI is InChI=1S/C25H26F7N5O2/c1-14(15-10-17(24(27,28)29)12-18(11-15)25(30,31)32)39-22-23(2,16-4-6-19(26)7-5-16)37(8-9-38-22)21-20(13-33-3)34-36-35-21/h4-7,10-12,14,22,33H,8-9,13H2,1-3H3,(H,34,35,36)/t14?,22-,23+/m1/s1. The molecule has 14 heteroatoms. The maximum absolute atomic E-state index is 13.8. The number of H-pyrrole nitrogens is 1. The molecule has 1 unspecified atom stereocenters. The summed E-state index contributed by atoms with van der Waals surface area (Å²) in [7, 11) is 1.72. The fourth-order valence-corrected chi connectivity index (χ4v) is 4.58. The third-order valence-electron chi connectivity index (χ3n) is 6.64. The van der Waals surface area contributed by atoms with Gasteiger partial charge in [0, 0.05) is 13.1 Å². The van der Waals surface area contributed by atoms with Crippen LogP contribution in [0.1, 0.15) is 47.9 Å². The summed E-state index contributed by atoms with van der Waals surface area (Å²) in [5.41, 5.74) is -3.42. The van der Waals surface area contributed by atoms with E-state index in [1.54, 1.807) is 14.0 Å². The molecule has 0 bridgehead atoms. The van der Waals surface area contributed by atoms with Gasteiger partial charge in [0.15, 0.2) is 12.1 Å². The molecule has 3 atom stereocenters. The highest BCUT2D eigenvalue weighted by Crippen LogP contribution is 2.43. The molecule has 39 heavy (non-hydrogen) atoms. The number of hydrogen-bond donors (Lipinski definition) is 2. The minimum Gasteiger partial charge on any atom is -0.348 e. The summed E-state index contributed by atoms with van der Waals surface area (Å²) in [6.07, 6.45) is -12.5. The molecule has 1 aliphatic rings. The van der Waals surface area contributed by atoms with Crippen molar-refractivity contribution in [2.24, 2.45) is 0 Å². The zero-order valence-corrected chi connectivity index (χ0v) is 21.1. The summed E-state index contributed by atoms with van der Waals surface area (Å²) >= 11 is 0. The van der Waals surface area contributed by atoms with E-state index < -0.39 is 47.2 Å². The first-order valence-corrected chi connectivity index (χ1v) is 11.9. The van der Waals surface area contributed by atoms with Crippen LogP contribution in [0, 0.1) is 5.82 Å². The van der Waals surface area contributed by atoms with Crippen molar-refractivity contribution in [2.45, 2.75) is 50.7 Å². The van der Waals surface area contributed by atoms with Crippen molar-refractivity contribution in [1.82, 2.24) is 20.7 Å². The van der Waals surface area contributed by atoms with Crippen LogP contribution in [0.4, 0.5) is 36.6 Å². The fraction of sp³-hybridized carbons (Fsp3) is 0.440. The molecule has 0 radical (unpaired) electrons. The maximum atomic E-state index is 13.8. The molecule has 1 aliphatic heterocycles. The molecule has 1 saturated heterocycles. The Morgan fingerprint density at radius 1 is 1.08 bits per heavy atom. The van der Waals surface area contributed by atoms with Crippen molar-refractivity contribution in [3.8, 4) is 0 Å². The maximum Gasteiger partial charge on any atom is 0.416 e. The van der Waals surface area contributed by atoms with E-state index in [-0.39, 0.29) is 24.8 Å². The Morgan fingerprint density at radius 3 is 2.26 bits per heavy atom. The lowest BCUT2D eigenvalue weighted by Crippen LogP contribution is -2.60. The van der Waals surface area contributed by atoms with E-state index in [9.17, 15) is 30.7 Å². The lowest BCUT2D eigenvalue weighted by Gasteiger charge is -2.50. The van der Waals surface area contributed by atoms with Crippen molar-refractivity contribution in [3.05, 3.63) is 76.2 Å². The fourth-order valence-electron chi connectivity index (χ4n) is 4.58. The SMILES string of the molecule is CNCc1n[nH]nc1N1CCO[C@H](OC(C)c2cc(C(F)(F)F)cc(C(F)(F)F)c2)[C@]1(C)c1ccc(F)cc1. The number of rotatable bonds is 7. The molecule has 0 spiro atoms. The van der Waals surface area contributed by atoms with Crippen LogP contribution in [0.5, 0.6) is 0 Å². The van der Waals surface area contributed by atoms with Gasteiger partial charge in [0.25, 0.3) is 0 Å². The number of alkyl halides is 6. The van der Waals surface area contributed by atoms with Crippen molar-refractivity contribution < 1.29 is 40.2 Å². The summed E-state index contributed by atoms with van der Waals surface area (Å²) in [5, 5.41) is 14.0. The van der Waals surface area contributed by atoms with Gasteiger partial charge in [-0.05, 0) is 62.4 Å². The van der Waals surface area contributed by atoms with Gasteiger partial charge in [-0.3, -0.25) is 0 Å². The summed E-state index contributed by atoms with van der Waals surface area (Å²) in [5.74, 6) is -0.0726. The van der Waals surface area contributed by atoms with Gasteiger partial charge in [-0.15, -0.1) is 5.10 Å². The smallest absolute Gasteiger partial charge is 0.348 e. The van der Waals surface area contributed by atoms with Gasteiger partial charge >= 0.3 is 12.4 Å². The van der Waals surface area contributed by atoms with Gasteiger partial charge in [0.2, 0.25) is 0 Å². The predicted octanol–water partition coefficient (Wildman–Crippen LogP) is 5.56. The zero-order chi connectivity index (χ0) is 28.6. The number of morpholine rings is 1. The minimum absolute atomic E-state index is 0.0611. The third kappa shape index (κ3) is 5.87. The van der Waals surface area contributed by atoms with E-state index in [0.29, 0.717) is 35.8 Å². The minimum atomic E-state index is -5.01. The van der Waals surface area contributed by atoms with Crippen LogP contribution < -0.4 is 10.2 Å². The largest absolute Gasteiger partial charge is 0.416 e. The molecule has 0 amide bonds. The van der Waals surface area contributed by atoms with E-state index in [0.717, 1.165) is 0 Å². The molecule has 7 nitrogen and oxygen atoms in total. The molecular weight excluding hydrogens is 535 g/mol. The second-order valence-corrected chi connectivity index (χ2v) is 9.25. The monoisotopic (exact) mass is 561 g/mol. The Labute approximate surface area is 219 Å². The lowest BCUT2D eigenvalue weighted by atomic mass is 9.87. The molecule has 0 aliphatic carbocycles. The zero-order valence-electron chi connectivity index (χ0n) is 21.1. The lowest BCUT2D eigenvalue weighted by molar-refractivity contribution is -0.217. The average molecular weight is 562 g/mol. The number of halogens is 7. The van der Waals surface area contributed by atoms with Crippen LogP contribution >= 0.6 is 0 Å². The number of nitrogens with one attached hydrogen (secondary N) is 2. The Kier molecular flexibility index (Phi) is 7.92. The normalized spacial score (nSPS) is 21.3. The van der Waals surface area contributed by atoms with Crippen LogP contribution in [-0.2, 0) is 33.9 Å². The predicted molar refractivity (Wildman–Crippen MR) is 126 cm³/mol. The highest BCUT2D eigenvalue weighted by Gasteiger charge is 2.49. The van der Waals surface area contributed by atoms with Crippen molar-refractivity contribution in [2.75, 3.05) is 25.1 Å². The average Bonchev–Trinajstić information content (AvgIpc) is 3.32. The second kappa shape index (κ2) is 10.7. The number of nitrogens with zero attached hydrogens (tertiary/aromatic N) is 3. The number of benzene rings is 2. The number of aromatic nitrogens is 3. The molecule has 2 heterocycles. The quantitative estimate of drug-likeness (QED) is 0.368. The Morgan fingerprint density at radius 2 is 1.69 bits per heavy atom. The van der Waals surface area contributed by atoms with Crippen molar-refractivity contribution >= 4 is 5.82 Å². The summed E-state index contributed by atoms with van der Waals surface area (Å²) in [6.45, 7) is 3.77. The van der Waals surface area contributed by atoms with Gasteiger partial charge in [0.1, 0.15) is 17.1 Å².